The van der Waals surface area contributed by atoms with E-state index in [1.165, 1.54) is 0 Å². The van der Waals surface area contributed by atoms with Crippen LogP contribution in [0.4, 0.5) is 5.69 Å². The Kier molecular flexibility index (Phi) is 5.54. The lowest BCUT2D eigenvalue weighted by Crippen LogP contribution is -2.14. The standard InChI is InChI=1S/C24H21ClN2O2/c1-29-21-12-10-20(11-13-21)26-24(28)14-18-16-27(23-5-3-2-4-22(18)23)15-17-6-8-19(25)9-7-17/h2-13,16H,14-15H2,1H3,(H,26,28). The van der Waals surface area contributed by atoms with Gasteiger partial charge in [0.25, 0.3) is 0 Å². The molecular weight excluding hydrogens is 384 g/mol. The third-order valence-corrected chi connectivity index (χ3v) is 5.11. The molecule has 0 unspecified atom stereocenters. The number of carbonyl (C=O) groups is 1. The van der Waals surface area contributed by atoms with E-state index in [0.717, 1.165) is 45.0 Å². The Morgan fingerprint density at radius 1 is 1.00 bits per heavy atom. The van der Waals surface area contributed by atoms with Gasteiger partial charge in [0.1, 0.15) is 5.75 Å². The van der Waals surface area contributed by atoms with Crippen molar-refractivity contribution < 1.29 is 9.53 Å². The van der Waals surface area contributed by atoms with Gasteiger partial charge in [-0.2, -0.15) is 0 Å². The maximum absolute atomic E-state index is 12.6. The van der Waals surface area contributed by atoms with Crippen molar-refractivity contribution in [2.24, 2.45) is 0 Å². The number of rotatable bonds is 6. The van der Waals surface area contributed by atoms with Gasteiger partial charge in [-0.3, -0.25) is 4.79 Å². The maximum atomic E-state index is 12.6. The van der Waals surface area contributed by atoms with E-state index in [1.807, 2.05) is 60.7 Å². The van der Waals surface area contributed by atoms with Gasteiger partial charge in [0.2, 0.25) is 5.91 Å². The molecule has 1 N–H and O–H groups in total. The molecular formula is C24H21ClN2O2. The average Bonchev–Trinajstić information content (AvgIpc) is 3.07. The van der Waals surface area contributed by atoms with E-state index in [9.17, 15) is 4.79 Å². The summed E-state index contributed by atoms with van der Waals surface area (Å²) < 4.78 is 7.33. The molecule has 4 rings (SSSR count). The predicted octanol–water partition coefficient (Wildman–Crippen LogP) is 5.53. The van der Waals surface area contributed by atoms with E-state index < -0.39 is 0 Å². The molecule has 0 saturated carbocycles. The van der Waals surface area contributed by atoms with E-state index >= 15 is 0 Å². The van der Waals surface area contributed by atoms with Crippen LogP contribution in [0.2, 0.25) is 5.02 Å². The summed E-state index contributed by atoms with van der Waals surface area (Å²) in [5, 5.41) is 4.77. The monoisotopic (exact) mass is 404 g/mol. The van der Waals surface area contributed by atoms with Crippen LogP contribution in [-0.2, 0) is 17.8 Å². The second-order valence-electron chi connectivity index (χ2n) is 6.88. The number of para-hydroxylation sites is 1. The fourth-order valence-electron chi connectivity index (χ4n) is 3.43. The molecule has 3 aromatic carbocycles. The molecule has 4 aromatic rings. The molecule has 0 aliphatic rings. The van der Waals surface area contributed by atoms with E-state index in [4.69, 9.17) is 16.3 Å². The van der Waals surface area contributed by atoms with Crippen LogP contribution in [0.25, 0.3) is 10.9 Å². The second-order valence-corrected chi connectivity index (χ2v) is 7.32. The number of nitrogens with one attached hydrogen (secondary N) is 1. The van der Waals surface area contributed by atoms with Crippen LogP contribution in [0.3, 0.4) is 0 Å². The molecule has 4 nitrogen and oxygen atoms in total. The molecule has 0 radical (unpaired) electrons. The summed E-state index contributed by atoms with van der Waals surface area (Å²) >= 11 is 6.00. The highest BCUT2D eigenvalue weighted by Gasteiger charge is 2.12. The quantitative estimate of drug-likeness (QED) is 0.459. The first-order valence-corrected chi connectivity index (χ1v) is 9.75. The van der Waals surface area contributed by atoms with E-state index in [1.54, 1.807) is 7.11 Å². The Bertz CT molecular complexity index is 1130. The van der Waals surface area contributed by atoms with Crippen LogP contribution in [0.5, 0.6) is 5.75 Å². The van der Waals surface area contributed by atoms with Crippen LogP contribution >= 0.6 is 11.6 Å². The second kappa shape index (κ2) is 8.41. The maximum Gasteiger partial charge on any atom is 0.228 e. The highest BCUT2D eigenvalue weighted by atomic mass is 35.5. The molecule has 29 heavy (non-hydrogen) atoms. The van der Waals surface area contributed by atoms with Crippen LogP contribution in [-0.4, -0.2) is 17.6 Å². The number of aromatic nitrogens is 1. The van der Waals surface area contributed by atoms with Crippen LogP contribution < -0.4 is 10.1 Å². The number of halogens is 1. The van der Waals surface area contributed by atoms with Gasteiger partial charge in [0, 0.05) is 34.4 Å². The third kappa shape index (κ3) is 4.44. The lowest BCUT2D eigenvalue weighted by atomic mass is 10.1. The van der Waals surface area contributed by atoms with Gasteiger partial charge in [0.05, 0.1) is 13.5 Å². The summed E-state index contributed by atoms with van der Waals surface area (Å²) in [5.41, 5.74) is 4.01. The summed E-state index contributed by atoms with van der Waals surface area (Å²) in [6.07, 6.45) is 2.37. The summed E-state index contributed by atoms with van der Waals surface area (Å²) in [7, 11) is 1.62. The molecule has 0 saturated heterocycles. The number of fused-ring (bicyclic) bond motifs is 1. The normalized spacial score (nSPS) is 10.8. The molecule has 0 spiro atoms. The Morgan fingerprint density at radius 3 is 2.45 bits per heavy atom. The van der Waals surface area contributed by atoms with Crippen LogP contribution in [0.1, 0.15) is 11.1 Å². The van der Waals surface area contributed by atoms with Gasteiger partial charge in [0.15, 0.2) is 0 Å². The van der Waals surface area contributed by atoms with Crippen LogP contribution in [0, 0.1) is 0 Å². The largest absolute Gasteiger partial charge is 0.497 e. The summed E-state index contributed by atoms with van der Waals surface area (Å²) in [5.74, 6) is 0.706. The summed E-state index contributed by atoms with van der Waals surface area (Å²) in [6.45, 7) is 0.720. The fourth-order valence-corrected chi connectivity index (χ4v) is 3.56. The average molecular weight is 405 g/mol. The molecule has 1 amide bonds. The lowest BCUT2D eigenvalue weighted by molar-refractivity contribution is -0.115. The van der Waals surface area contributed by atoms with Crippen molar-refractivity contribution in [1.82, 2.24) is 4.57 Å². The molecule has 0 aliphatic heterocycles. The minimum atomic E-state index is -0.0513. The number of nitrogens with zero attached hydrogens (tertiary/aromatic N) is 1. The highest BCUT2D eigenvalue weighted by Crippen LogP contribution is 2.24. The first-order chi connectivity index (χ1) is 14.1. The Labute approximate surface area is 174 Å². The van der Waals surface area contributed by atoms with E-state index in [-0.39, 0.29) is 5.91 Å². The fraction of sp³-hybridized carbons (Fsp3) is 0.125. The zero-order valence-corrected chi connectivity index (χ0v) is 16.8. The Hall–Kier alpha value is -3.24. The smallest absolute Gasteiger partial charge is 0.228 e. The topological polar surface area (TPSA) is 43.3 Å². The van der Waals surface area contributed by atoms with Crippen molar-refractivity contribution in [3.8, 4) is 5.75 Å². The number of hydrogen-bond donors (Lipinski definition) is 1. The minimum Gasteiger partial charge on any atom is -0.497 e. The Balaban J connectivity index is 1.55. The molecule has 5 heteroatoms. The number of benzene rings is 3. The van der Waals surface area contributed by atoms with E-state index in [2.05, 4.69) is 28.2 Å². The van der Waals surface area contributed by atoms with Crippen LogP contribution in [0.15, 0.2) is 79.0 Å². The molecule has 0 bridgehead atoms. The van der Waals surface area contributed by atoms with Crippen molar-refractivity contribution in [2.45, 2.75) is 13.0 Å². The number of carbonyl (C=O) groups excluding carboxylic acids is 1. The van der Waals surface area contributed by atoms with Crippen molar-refractivity contribution >= 4 is 34.1 Å². The van der Waals surface area contributed by atoms with E-state index in [0.29, 0.717) is 6.42 Å². The van der Waals surface area contributed by atoms with Crippen molar-refractivity contribution in [3.63, 3.8) is 0 Å². The van der Waals surface area contributed by atoms with Gasteiger partial charge in [-0.15, -0.1) is 0 Å². The summed E-state index contributed by atoms with van der Waals surface area (Å²) in [4.78, 5) is 12.6. The van der Waals surface area contributed by atoms with Crippen molar-refractivity contribution in [1.29, 1.82) is 0 Å². The molecule has 1 heterocycles. The molecule has 0 atom stereocenters. The number of anilines is 1. The number of ether oxygens (including phenoxy) is 1. The van der Waals surface area contributed by atoms with Crippen molar-refractivity contribution in [2.75, 3.05) is 12.4 Å². The molecule has 146 valence electrons. The number of amides is 1. The van der Waals surface area contributed by atoms with Gasteiger partial charge in [-0.1, -0.05) is 41.9 Å². The predicted molar refractivity (Wildman–Crippen MR) is 118 cm³/mol. The van der Waals surface area contributed by atoms with Gasteiger partial charge < -0.3 is 14.6 Å². The molecule has 1 aromatic heterocycles. The Morgan fingerprint density at radius 2 is 1.72 bits per heavy atom. The minimum absolute atomic E-state index is 0.0513. The number of hydrogen-bond acceptors (Lipinski definition) is 2. The van der Waals surface area contributed by atoms with Gasteiger partial charge in [-0.05, 0) is 53.6 Å². The molecule has 0 aliphatic carbocycles. The zero-order chi connectivity index (χ0) is 20.2. The van der Waals surface area contributed by atoms with Gasteiger partial charge >= 0.3 is 0 Å². The number of methoxy groups -OCH3 is 1. The SMILES string of the molecule is COc1ccc(NC(=O)Cc2cn(Cc3ccc(Cl)cc3)c3ccccc23)cc1. The molecule has 0 fully saturated rings. The first kappa shape index (κ1) is 19.1. The van der Waals surface area contributed by atoms with Crippen molar-refractivity contribution in [3.05, 3.63) is 95.1 Å². The lowest BCUT2D eigenvalue weighted by Gasteiger charge is -2.06. The summed E-state index contributed by atoms with van der Waals surface area (Å²) in [6, 6.07) is 23.3. The zero-order valence-electron chi connectivity index (χ0n) is 16.1. The third-order valence-electron chi connectivity index (χ3n) is 4.86. The van der Waals surface area contributed by atoms with Gasteiger partial charge in [-0.25, -0.2) is 0 Å². The highest BCUT2D eigenvalue weighted by molar-refractivity contribution is 6.30. The first-order valence-electron chi connectivity index (χ1n) is 9.37.